The fraction of sp³-hybridized carbons (Fsp3) is 0.0625. The first-order chi connectivity index (χ1) is 10.6. The van der Waals surface area contributed by atoms with Crippen LogP contribution in [0.3, 0.4) is 0 Å². The molecule has 22 heavy (non-hydrogen) atoms. The highest BCUT2D eigenvalue weighted by atomic mass is 16.3. The lowest BCUT2D eigenvalue weighted by Crippen LogP contribution is -2.53. The molecule has 2 heterocycles. The molecule has 1 saturated heterocycles. The van der Waals surface area contributed by atoms with Gasteiger partial charge in [-0.2, -0.15) is 0 Å². The van der Waals surface area contributed by atoms with E-state index < -0.39 is 17.8 Å². The van der Waals surface area contributed by atoms with Gasteiger partial charge in [-0.25, -0.2) is 4.79 Å². The van der Waals surface area contributed by atoms with Crippen LogP contribution in [0.2, 0.25) is 0 Å². The van der Waals surface area contributed by atoms with E-state index in [2.05, 4.69) is 5.32 Å². The van der Waals surface area contributed by atoms with E-state index >= 15 is 0 Å². The molecule has 0 unspecified atom stereocenters. The first-order valence-electron chi connectivity index (χ1n) is 6.61. The van der Waals surface area contributed by atoms with Crippen LogP contribution in [0.4, 0.5) is 4.79 Å². The number of hydrogen-bond donors (Lipinski definition) is 1. The van der Waals surface area contributed by atoms with Crippen molar-refractivity contribution in [2.75, 3.05) is 0 Å². The van der Waals surface area contributed by atoms with Crippen molar-refractivity contribution in [2.45, 2.75) is 6.54 Å². The summed E-state index contributed by atoms with van der Waals surface area (Å²) in [5, 5.41) is 2.16. The predicted octanol–water partition coefficient (Wildman–Crippen LogP) is 1.94. The molecule has 0 radical (unpaired) electrons. The standard InChI is InChI=1S/C16H12N2O4/c19-14-13(9-11-5-2-1-3-6-11)15(20)18(16(21)17-14)10-12-7-4-8-22-12/h1-9H,10H2,(H,17,19,21)/b13-9+. The average molecular weight is 296 g/mol. The van der Waals surface area contributed by atoms with Crippen molar-refractivity contribution in [3.8, 4) is 0 Å². The Bertz CT molecular complexity index is 748. The molecule has 1 fully saturated rings. The Balaban J connectivity index is 1.90. The number of barbiturate groups is 1. The largest absolute Gasteiger partial charge is 0.467 e. The number of benzene rings is 1. The second-order valence-corrected chi connectivity index (χ2v) is 4.70. The zero-order valence-corrected chi connectivity index (χ0v) is 11.5. The second-order valence-electron chi connectivity index (χ2n) is 4.70. The first kappa shape index (κ1) is 13.8. The second kappa shape index (κ2) is 5.69. The van der Waals surface area contributed by atoms with Crippen LogP contribution < -0.4 is 5.32 Å². The maximum Gasteiger partial charge on any atom is 0.331 e. The Morgan fingerprint density at radius 2 is 1.82 bits per heavy atom. The minimum Gasteiger partial charge on any atom is -0.467 e. The smallest absolute Gasteiger partial charge is 0.331 e. The van der Waals surface area contributed by atoms with Gasteiger partial charge >= 0.3 is 6.03 Å². The van der Waals surface area contributed by atoms with Gasteiger partial charge < -0.3 is 4.42 Å². The van der Waals surface area contributed by atoms with Crippen LogP contribution in [-0.4, -0.2) is 22.7 Å². The Kier molecular flexibility index (Phi) is 3.57. The SMILES string of the molecule is O=C1NC(=O)N(Cc2ccco2)C(=O)/C1=C/c1ccccc1. The summed E-state index contributed by atoms with van der Waals surface area (Å²) < 4.78 is 5.13. The van der Waals surface area contributed by atoms with Gasteiger partial charge in [0.25, 0.3) is 11.8 Å². The van der Waals surface area contributed by atoms with Crippen LogP contribution in [0, 0.1) is 0 Å². The van der Waals surface area contributed by atoms with Gasteiger partial charge in [0.1, 0.15) is 11.3 Å². The molecule has 0 saturated carbocycles. The van der Waals surface area contributed by atoms with Crippen molar-refractivity contribution in [3.05, 3.63) is 65.6 Å². The van der Waals surface area contributed by atoms with Gasteiger partial charge in [0, 0.05) is 0 Å². The summed E-state index contributed by atoms with van der Waals surface area (Å²) in [4.78, 5) is 37.1. The molecule has 3 rings (SSSR count). The zero-order chi connectivity index (χ0) is 15.5. The number of hydrogen-bond acceptors (Lipinski definition) is 4. The fourth-order valence-electron chi connectivity index (χ4n) is 2.11. The lowest BCUT2D eigenvalue weighted by molar-refractivity contribution is -0.130. The molecule has 6 nitrogen and oxygen atoms in total. The molecule has 4 amide bonds. The number of carbonyl (C=O) groups is 3. The third-order valence-electron chi connectivity index (χ3n) is 3.19. The van der Waals surface area contributed by atoms with Crippen LogP contribution >= 0.6 is 0 Å². The van der Waals surface area contributed by atoms with Gasteiger partial charge in [0.2, 0.25) is 0 Å². The van der Waals surface area contributed by atoms with Crippen molar-refractivity contribution < 1.29 is 18.8 Å². The molecule has 0 atom stereocenters. The van der Waals surface area contributed by atoms with Crippen LogP contribution in [0.15, 0.2) is 58.7 Å². The highest BCUT2D eigenvalue weighted by Crippen LogP contribution is 2.17. The monoisotopic (exact) mass is 296 g/mol. The summed E-state index contributed by atoms with van der Waals surface area (Å²) in [5.74, 6) is -0.888. The molecule has 0 aliphatic carbocycles. The summed E-state index contributed by atoms with van der Waals surface area (Å²) in [5.41, 5.74) is 0.616. The van der Waals surface area contributed by atoms with Gasteiger partial charge in [0.15, 0.2) is 0 Å². The van der Waals surface area contributed by atoms with E-state index in [0.29, 0.717) is 11.3 Å². The third-order valence-corrected chi connectivity index (χ3v) is 3.19. The van der Waals surface area contributed by atoms with Crippen LogP contribution in [0.1, 0.15) is 11.3 Å². The average Bonchev–Trinajstić information content (AvgIpc) is 3.02. The highest BCUT2D eigenvalue weighted by Gasteiger charge is 2.36. The van der Waals surface area contributed by atoms with E-state index in [-0.39, 0.29) is 12.1 Å². The zero-order valence-electron chi connectivity index (χ0n) is 11.5. The summed E-state index contributed by atoms with van der Waals surface area (Å²) in [7, 11) is 0. The third kappa shape index (κ3) is 2.67. The summed E-state index contributed by atoms with van der Waals surface area (Å²) in [6.45, 7) is -0.0307. The molecule has 0 bridgehead atoms. The Morgan fingerprint density at radius 3 is 2.50 bits per heavy atom. The molecule has 1 aliphatic heterocycles. The molecule has 1 aromatic heterocycles. The van der Waals surface area contributed by atoms with Gasteiger partial charge in [-0.15, -0.1) is 0 Å². The van der Waals surface area contributed by atoms with Crippen molar-refractivity contribution in [1.82, 2.24) is 10.2 Å². The maximum atomic E-state index is 12.4. The number of amides is 4. The maximum absolute atomic E-state index is 12.4. The van der Waals surface area contributed by atoms with E-state index in [0.717, 1.165) is 4.90 Å². The van der Waals surface area contributed by atoms with Crippen molar-refractivity contribution >= 4 is 23.9 Å². The molecule has 1 aliphatic rings. The van der Waals surface area contributed by atoms with Crippen LogP contribution in [0.25, 0.3) is 6.08 Å². The lowest BCUT2D eigenvalue weighted by Gasteiger charge is -2.25. The fourth-order valence-corrected chi connectivity index (χ4v) is 2.11. The van der Waals surface area contributed by atoms with Gasteiger partial charge in [-0.05, 0) is 23.8 Å². The van der Waals surface area contributed by atoms with E-state index in [1.54, 1.807) is 36.4 Å². The summed E-state index contributed by atoms with van der Waals surface area (Å²) in [6.07, 6.45) is 2.91. The molecule has 2 aromatic rings. The quantitative estimate of drug-likeness (QED) is 0.693. The van der Waals surface area contributed by atoms with Crippen molar-refractivity contribution in [3.63, 3.8) is 0 Å². The summed E-state index contributed by atoms with van der Waals surface area (Å²) >= 11 is 0. The predicted molar refractivity (Wildman–Crippen MR) is 77.2 cm³/mol. The number of nitrogens with zero attached hydrogens (tertiary/aromatic N) is 1. The Labute approximate surface area is 126 Å². The molecule has 1 aromatic carbocycles. The minimum atomic E-state index is -0.753. The van der Waals surface area contributed by atoms with Crippen LogP contribution in [0.5, 0.6) is 0 Å². The van der Waals surface area contributed by atoms with E-state index in [1.165, 1.54) is 12.3 Å². The number of rotatable bonds is 3. The van der Waals surface area contributed by atoms with Gasteiger partial charge in [0.05, 0.1) is 12.8 Å². The number of carbonyl (C=O) groups excluding carboxylic acids is 3. The molecule has 0 spiro atoms. The molecule has 110 valence electrons. The van der Waals surface area contributed by atoms with Crippen LogP contribution in [-0.2, 0) is 16.1 Å². The topological polar surface area (TPSA) is 79.6 Å². The normalized spacial score (nSPS) is 17.0. The molecular formula is C16H12N2O4. The summed E-state index contributed by atoms with van der Waals surface area (Å²) in [6, 6.07) is 11.5. The van der Waals surface area contributed by atoms with Crippen molar-refractivity contribution in [2.24, 2.45) is 0 Å². The molecular weight excluding hydrogens is 284 g/mol. The number of furan rings is 1. The highest BCUT2D eigenvalue weighted by molar-refractivity contribution is 6.30. The molecule has 1 N–H and O–H groups in total. The first-order valence-corrected chi connectivity index (χ1v) is 6.61. The minimum absolute atomic E-state index is 0.0307. The number of imide groups is 2. The van der Waals surface area contributed by atoms with Crippen molar-refractivity contribution in [1.29, 1.82) is 0 Å². The van der Waals surface area contributed by atoms with E-state index in [4.69, 9.17) is 4.42 Å². The van der Waals surface area contributed by atoms with E-state index in [1.807, 2.05) is 6.07 Å². The van der Waals surface area contributed by atoms with Gasteiger partial charge in [-0.3, -0.25) is 19.8 Å². The van der Waals surface area contributed by atoms with E-state index in [9.17, 15) is 14.4 Å². The lowest BCUT2D eigenvalue weighted by atomic mass is 10.1. The number of nitrogens with one attached hydrogen (secondary N) is 1. The van der Waals surface area contributed by atoms with Gasteiger partial charge in [-0.1, -0.05) is 30.3 Å². The molecule has 6 heteroatoms. The Hall–Kier alpha value is -3.15. The number of urea groups is 1. The Morgan fingerprint density at radius 1 is 1.05 bits per heavy atom.